The van der Waals surface area contributed by atoms with Crippen LogP contribution in [-0.2, 0) is 6.42 Å². The molecule has 0 radical (unpaired) electrons. The van der Waals surface area contributed by atoms with E-state index in [0.717, 1.165) is 5.56 Å². The van der Waals surface area contributed by atoms with Crippen LogP contribution in [0.3, 0.4) is 0 Å². The number of para-hydroxylation sites is 1. The van der Waals surface area contributed by atoms with Crippen molar-refractivity contribution in [2.45, 2.75) is 6.42 Å². The molecule has 0 fully saturated rings. The lowest BCUT2D eigenvalue weighted by Gasteiger charge is -2.01. The van der Waals surface area contributed by atoms with Crippen LogP contribution in [0.2, 0.25) is 0 Å². The zero-order valence-corrected chi connectivity index (χ0v) is 10.3. The second-order valence-corrected chi connectivity index (χ2v) is 3.82. The molecule has 1 N–H and O–H groups in total. The van der Waals surface area contributed by atoms with E-state index in [0.29, 0.717) is 12.2 Å². The predicted molar refractivity (Wildman–Crippen MR) is 74.2 cm³/mol. The maximum Gasteiger partial charge on any atom is 0.433 e. The van der Waals surface area contributed by atoms with Crippen molar-refractivity contribution in [3.8, 4) is 5.75 Å². The Labute approximate surface area is 111 Å². The van der Waals surface area contributed by atoms with Gasteiger partial charge in [-0.15, -0.1) is 0 Å². The zero-order valence-electron chi connectivity index (χ0n) is 10.3. The third kappa shape index (κ3) is 4.63. The Bertz CT molecular complexity index is 539. The van der Waals surface area contributed by atoms with Gasteiger partial charge in [0.2, 0.25) is 0 Å². The monoisotopic (exact) mass is 254 g/mol. The summed E-state index contributed by atoms with van der Waals surface area (Å²) in [7, 11) is 0. The third-order valence-electron chi connectivity index (χ3n) is 2.37. The zero-order chi connectivity index (χ0) is 13.3. The molecule has 0 saturated carbocycles. The highest BCUT2D eigenvalue weighted by Gasteiger charge is 2.00. The SMILES string of the molecule is O=C(NN=CCc1ccccc1)Oc1ccccc1. The number of carbonyl (C=O) groups excluding carboxylic acids is 1. The summed E-state index contributed by atoms with van der Waals surface area (Å²) in [6, 6.07) is 18.7. The molecule has 4 nitrogen and oxygen atoms in total. The molecule has 0 aliphatic carbocycles. The number of nitrogens with one attached hydrogen (secondary N) is 1. The number of hydrazone groups is 1. The molecular weight excluding hydrogens is 240 g/mol. The Hall–Kier alpha value is -2.62. The Morgan fingerprint density at radius 3 is 2.37 bits per heavy atom. The van der Waals surface area contributed by atoms with E-state index >= 15 is 0 Å². The molecule has 0 aliphatic heterocycles. The van der Waals surface area contributed by atoms with E-state index in [1.54, 1.807) is 30.5 Å². The van der Waals surface area contributed by atoms with Crippen molar-refractivity contribution in [1.29, 1.82) is 0 Å². The minimum absolute atomic E-state index is 0.484. The van der Waals surface area contributed by atoms with E-state index < -0.39 is 6.09 Å². The predicted octanol–water partition coefficient (Wildman–Crippen LogP) is 3.00. The van der Waals surface area contributed by atoms with Gasteiger partial charge in [-0.25, -0.2) is 10.2 Å². The van der Waals surface area contributed by atoms with Crippen molar-refractivity contribution in [3.05, 3.63) is 66.2 Å². The lowest BCUT2D eigenvalue weighted by atomic mass is 10.2. The van der Waals surface area contributed by atoms with E-state index in [2.05, 4.69) is 10.5 Å². The molecule has 0 aromatic heterocycles. The average Bonchev–Trinajstić information content (AvgIpc) is 2.46. The van der Waals surface area contributed by atoms with Crippen LogP contribution in [0, 0.1) is 0 Å². The van der Waals surface area contributed by atoms with Crippen molar-refractivity contribution in [3.63, 3.8) is 0 Å². The van der Waals surface area contributed by atoms with Crippen molar-refractivity contribution in [1.82, 2.24) is 5.43 Å². The summed E-state index contributed by atoms with van der Waals surface area (Å²) in [6.07, 6.45) is 1.68. The van der Waals surface area contributed by atoms with Crippen LogP contribution < -0.4 is 10.2 Å². The van der Waals surface area contributed by atoms with Crippen molar-refractivity contribution in [2.75, 3.05) is 0 Å². The van der Waals surface area contributed by atoms with Crippen LogP contribution in [0.4, 0.5) is 4.79 Å². The van der Waals surface area contributed by atoms with E-state index in [-0.39, 0.29) is 0 Å². The number of carbonyl (C=O) groups is 1. The molecule has 2 aromatic rings. The lowest BCUT2D eigenvalue weighted by molar-refractivity contribution is 0.201. The molecular formula is C15H14N2O2. The number of hydrogen-bond acceptors (Lipinski definition) is 3. The fourth-order valence-corrected chi connectivity index (χ4v) is 1.48. The third-order valence-corrected chi connectivity index (χ3v) is 2.37. The lowest BCUT2D eigenvalue weighted by Crippen LogP contribution is -2.21. The summed E-state index contributed by atoms with van der Waals surface area (Å²) >= 11 is 0. The van der Waals surface area contributed by atoms with Gasteiger partial charge in [-0.3, -0.25) is 0 Å². The average molecular weight is 254 g/mol. The van der Waals surface area contributed by atoms with Crippen LogP contribution in [0.15, 0.2) is 65.8 Å². The van der Waals surface area contributed by atoms with Gasteiger partial charge >= 0.3 is 6.09 Å². The fourth-order valence-electron chi connectivity index (χ4n) is 1.48. The Balaban J connectivity index is 1.75. The van der Waals surface area contributed by atoms with Crippen LogP contribution in [0.5, 0.6) is 5.75 Å². The minimum Gasteiger partial charge on any atom is -0.409 e. The number of benzene rings is 2. The molecule has 1 amide bonds. The summed E-state index contributed by atoms with van der Waals surface area (Å²) in [4.78, 5) is 11.4. The quantitative estimate of drug-likeness (QED) is 0.673. The summed E-state index contributed by atoms with van der Waals surface area (Å²) in [5.74, 6) is 0.484. The van der Waals surface area contributed by atoms with Gasteiger partial charge in [0.25, 0.3) is 0 Å². The standard InChI is InChI=1S/C15H14N2O2/c18-15(19-14-9-5-2-6-10-14)17-16-12-11-13-7-3-1-4-8-13/h1-10,12H,11H2,(H,17,18). The van der Waals surface area contributed by atoms with Gasteiger partial charge in [0.15, 0.2) is 0 Å². The molecule has 0 spiro atoms. The Kier molecular flexibility index (Phi) is 4.70. The summed E-state index contributed by atoms with van der Waals surface area (Å²) in [5.41, 5.74) is 3.44. The molecule has 0 unspecified atom stereocenters. The van der Waals surface area contributed by atoms with Gasteiger partial charge in [-0.05, 0) is 17.7 Å². The highest BCUT2D eigenvalue weighted by molar-refractivity contribution is 5.72. The van der Waals surface area contributed by atoms with Crippen LogP contribution in [-0.4, -0.2) is 12.3 Å². The minimum atomic E-state index is -0.601. The van der Waals surface area contributed by atoms with Crippen molar-refractivity contribution >= 4 is 12.3 Å². The molecule has 2 aromatic carbocycles. The van der Waals surface area contributed by atoms with E-state index in [1.807, 2.05) is 36.4 Å². The molecule has 4 heteroatoms. The largest absolute Gasteiger partial charge is 0.433 e. The first-order chi connectivity index (χ1) is 9.34. The number of amides is 1. The van der Waals surface area contributed by atoms with E-state index in [9.17, 15) is 4.79 Å². The van der Waals surface area contributed by atoms with Gasteiger partial charge in [0.1, 0.15) is 5.75 Å². The topological polar surface area (TPSA) is 50.7 Å². The molecule has 2 rings (SSSR count). The molecule has 96 valence electrons. The molecule has 0 atom stereocenters. The normalized spacial score (nSPS) is 10.3. The van der Waals surface area contributed by atoms with Gasteiger partial charge in [-0.1, -0.05) is 48.5 Å². The summed E-state index contributed by atoms with van der Waals surface area (Å²) in [5, 5.41) is 3.81. The molecule has 0 saturated heterocycles. The van der Waals surface area contributed by atoms with Gasteiger partial charge in [0.05, 0.1) is 0 Å². The number of rotatable bonds is 4. The van der Waals surface area contributed by atoms with Crippen molar-refractivity contribution < 1.29 is 9.53 Å². The summed E-state index contributed by atoms with van der Waals surface area (Å²) in [6.45, 7) is 0. The molecule has 0 aliphatic rings. The smallest absolute Gasteiger partial charge is 0.409 e. The molecule has 0 heterocycles. The van der Waals surface area contributed by atoms with Crippen LogP contribution >= 0.6 is 0 Å². The maximum absolute atomic E-state index is 11.4. The maximum atomic E-state index is 11.4. The van der Waals surface area contributed by atoms with Gasteiger partial charge < -0.3 is 4.74 Å². The van der Waals surface area contributed by atoms with E-state index in [4.69, 9.17) is 4.74 Å². The summed E-state index contributed by atoms with van der Waals surface area (Å²) < 4.78 is 5.00. The van der Waals surface area contributed by atoms with Gasteiger partial charge in [0, 0.05) is 12.6 Å². The Morgan fingerprint density at radius 1 is 1.05 bits per heavy atom. The molecule has 19 heavy (non-hydrogen) atoms. The van der Waals surface area contributed by atoms with Crippen LogP contribution in [0.1, 0.15) is 5.56 Å². The second kappa shape index (κ2) is 6.96. The first-order valence-electron chi connectivity index (χ1n) is 5.93. The second-order valence-electron chi connectivity index (χ2n) is 3.82. The number of hydrogen-bond donors (Lipinski definition) is 1. The first kappa shape index (κ1) is 12.8. The highest BCUT2D eigenvalue weighted by Crippen LogP contribution is 2.07. The van der Waals surface area contributed by atoms with Gasteiger partial charge in [-0.2, -0.15) is 5.10 Å². The highest BCUT2D eigenvalue weighted by atomic mass is 16.6. The molecule has 0 bridgehead atoms. The fraction of sp³-hybridized carbons (Fsp3) is 0.0667. The van der Waals surface area contributed by atoms with Crippen molar-refractivity contribution in [2.24, 2.45) is 5.10 Å². The van der Waals surface area contributed by atoms with Crippen LogP contribution in [0.25, 0.3) is 0 Å². The number of ether oxygens (including phenoxy) is 1. The number of nitrogens with zero attached hydrogens (tertiary/aromatic N) is 1. The van der Waals surface area contributed by atoms with E-state index in [1.165, 1.54) is 0 Å². The Morgan fingerprint density at radius 2 is 1.68 bits per heavy atom. The first-order valence-corrected chi connectivity index (χ1v) is 5.93.